The lowest BCUT2D eigenvalue weighted by molar-refractivity contribution is -0.283. The van der Waals surface area contributed by atoms with Gasteiger partial charge in [-0.15, -0.1) is 0 Å². The summed E-state index contributed by atoms with van der Waals surface area (Å²) in [6.45, 7) is 5.21. The average Bonchev–Trinajstić information content (AvgIpc) is 2.53. The van der Waals surface area contributed by atoms with Gasteiger partial charge in [0.25, 0.3) is 0 Å². The summed E-state index contributed by atoms with van der Waals surface area (Å²) >= 11 is 0. The van der Waals surface area contributed by atoms with Crippen LogP contribution in [0.2, 0.25) is 0 Å². The molecule has 7 heteroatoms. The van der Waals surface area contributed by atoms with Crippen LogP contribution in [-0.2, 0) is 24.1 Å². The van der Waals surface area contributed by atoms with Gasteiger partial charge in [-0.2, -0.15) is 4.89 Å². The number of hydrogen-bond donors (Lipinski definition) is 2. The van der Waals surface area contributed by atoms with Crippen LogP contribution in [-0.4, -0.2) is 41.7 Å². The van der Waals surface area contributed by atoms with Crippen molar-refractivity contribution in [3.05, 3.63) is 12.2 Å². The van der Waals surface area contributed by atoms with Gasteiger partial charge in [-0.25, -0.2) is 4.79 Å². The second-order valence-electron chi connectivity index (χ2n) is 6.22. The molecule has 0 spiro atoms. The molecular formula is C16H26O7. The fourth-order valence-electron chi connectivity index (χ4n) is 2.07. The molecule has 1 aliphatic rings. The van der Waals surface area contributed by atoms with Gasteiger partial charge in [0, 0.05) is 5.92 Å². The van der Waals surface area contributed by atoms with Crippen molar-refractivity contribution in [2.24, 2.45) is 17.3 Å². The maximum atomic E-state index is 12.0. The molecule has 7 nitrogen and oxygen atoms in total. The number of hydrogen-bond acceptors (Lipinski definition) is 7. The van der Waals surface area contributed by atoms with Gasteiger partial charge in [-0.3, -0.25) is 9.68 Å². The Labute approximate surface area is 136 Å². The zero-order valence-corrected chi connectivity index (χ0v) is 13.9. The lowest BCUT2D eigenvalue weighted by atomic mass is 9.82. The maximum absolute atomic E-state index is 12.0. The summed E-state index contributed by atoms with van der Waals surface area (Å²) in [4.78, 5) is 33.0. The summed E-state index contributed by atoms with van der Waals surface area (Å²) < 4.78 is 5.04. The lowest BCUT2D eigenvalue weighted by Gasteiger charge is -2.27. The number of rotatable bonds is 8. The van der Waals surface area contributed by atoms with Crippen molar-refractivity contribution >= 4 is 11.9 Å². The number of allylic oxidation sites excluding steroid dienone is 2. The summed E-state index contributed by atoms with van der Waals surface area (Å²) in [7, 11) is 0. The molecule has 23 heavy (non-hydrogen) atoms. The highest BCUT2D eigenvalue weighted by Crippen LogP contribution is 2.28. The van der Waals surface area contributed by atoms with E-state index in [4.69, 9.17) is 9.62 Å². The van der Waals surface area contributed by atoms with Crippen molar-refractivity contribution in [2.45, 2.75) is 46.3 Å². The largest absolute Gasteiger partial charge is 0.463 e. The zero-order chi connectivity index (χ0) is 17.5. The first-order chi connectivity index (χ1) is 10.8. The van der Waals surface area contributed by atoms with Gasteiger partial charge in [0.1, 0.15) is 13.2 Å². The minimum atomic E-state index is -1.56. The third kappa shape index (κ3) is 5.93. The minimum absolute atomic E-state index is 0.0763. The maximum Gasteiger partial charge on any atom is 0.347 e. The van der Waals surface area contributed by atoms with E-state index in [1.807, 2.05) is 19.1 Å². The van der Waals surface area contributed by atoms with E-state index < -0.39 is 35.5 Å². The van der Waals surface area contributed by atoms with Gasteiger partial charge in [0.2, 0.25) is 0 Å². The molecule has 132 valence electrons. The van der Waals surface area contributed by atoms with E-state index >= 15 is 0 Å². The van der Waals surface area contributed by atoms with Crippen LogP contribution in [0.25, 0.3) is 0 Å². The number of ether oxygens (including phenoxy) is 1. The summed E-state index contributed by atoms with van der Waals surface area (Å²) in [6, 6.07) is 0. The monoisotopic (exact) mass is 330 g/mol. The molecule has 0 fully saturated rings. The van der Waals surface area contributed by atoms with Crippen LogP contribution >= 0.6 is 0 Å². The molecule has 2 N–H and O–H groups in total. The Morgan fingerprint density at radius 2 is 1.87 bits per heavy atom. The van der Waals surface area contributed by atoms with E-state index in [9.17, 15) is 19.8 Å². The minimum Gasteiger partial charge on any atom is -0.463 e. The fraction of sp³-hybridized carbons (Fsp3) is 0.750. The van der Waals surface area contributed by atoms with Gasteiger partial charge in [0.05, 0.1) is 11.3 Å². The lowest BCUT2D eigenvalue weighted by Crippen LogP contribution is -2.35. The Hall–Kier alpha value is -1.44. The van der Waals surface area contributed by atoms with E-state index in [1.54, 1.807) is 13.8 Å². The number of esters is 1. The molecule has 0 saturated carbocycles. The Bertz CT molecular complexity index is 428. The molecule has 0 radical (unpaired) electrons. The molecule has 1 aliphatic carbocycles. The van der Waals surface area contributed by atoms with Crippen molar-refractivity contribution in [2.75, 3.05) is 13.2 Å². The Kier molecular flexibility index (Phi) is 7.67. The van der Waals surface area contributed by atoms with Crippen LogP contribution in [0, 0.1) is 17.3 Å². The van der Waals surface area contributed by atoms with Gasteiger partial charge in [-0.1, -0.05) is 19.1 Å². The first-order valence-electron chi connectivity index (χ1n) is 7.81. The third-order valence-corrected chi connectivity index (χ3v) is 4.15. The molecule has 0 aromatic rings. The van der Waals surface area contributed by atoms with Crippen LogP contribution in [0.5, 0.6) is 0 Å². The van der Waals surface area contributed by atoms with Gasteiger partial charge in [-0.05, 0) is 33.1 Å². The van der Waals surface area contributed by atoms with Crippen molar-refractivity contribution < 1.29 is 34.3 Å². The van der Waals surface area contributed by atoms with Crippen LogP contribution in [0.1, 0.15) is 40.0 Å². The van der Waals surface area contributed by atoms with Crippen LogP contribution in [0.4, 0.5) is 0 Å². The van der Waals surface area contributed by atoms with E-state index in [-0.39, 0.29) is 13.2 Å². The highest BCUT2D eigenvalue weighted by molar-refractivity contribution is 5.75. The van der Waals surface area contributed by atoms with Crippen LogP contribution < -0.4 is 0 Å². The SMILES string of the molecule is CCC(C)(C)C(=O)OOCCOC(=O)C1CC=CCC1C(O)O. The zero-order valence-electron chi connectivity index (χ0n) is 13.9. The number of carbonyl (C=O) groups excluding carboxylic acids is 2. The molecule has 2 unspecified atom stereocenters. The standard InChI is InChI=1S/C16H26O7/c1-4-16(2,3)15(20)23-22-10-9-21-14(19)12-8-6-5-7-11(12)13(17)18/h5-6,11-13,17-18H,4,7-10H2,1-3H3. The number of carbonyl (C=O) groups is 2. The van der Waals surface area contributed by atoms with Gasteiger partial charge >= 0.3 is 11.9 Å². The average molecular weight is 330 g/mol. The predicted molar refractivity (Wildman–Crippen MR) is 80.7 cm³/mol. The Balaban J connectivity index is 2.29. The molecular weight excluding hydrogens is 304 g/mol. The molecule has 0 bridgehead atoms. The second-order valence-corrected chi connectivity index (χ2v) is 6.22. The first-order valence-corrected chi connectivity index (χ1v) is 7.81. The summed E-state index contributed by atoms with van der Waals surface area (Å²) in [5.74, 6) is -2.17. The topological polar surface area (TPSA) is 102 Å². The third-order valence-electron chi connectivity index (χ3n) is 4.15. The molecule has 0 amide bonds. The van der Waals surface area contributed by atoms with Crippen LogP contribution in [0.3, 0.4) is 0 Å². The molecule has 0 heterocycles. The van der Waals surface area contributed by atoms with E-state index in [0.717, 1.165) is 0 Å². The van der Waals surface area contributed by atoms with Crippen molar-refractivity contribution in [1.82, 2.24) is 0 Å². The predicted octanol–water partition coefficient (Wildman–Crippen LogP) is 1.33. The molecule has 2 atom stereocenters. The summed E-state index contributed by atoms with van der Waals surface area (Å²) in [5, 5.41) is 18.6. The number of aliphatic hydroxyl groups is 2. The quantitative estimate of drug-likeness (QED) is 0.173. The smallest absolute Gasteiger partial charge is 0.347 e. The van der Waals surface area contributed by atoms with Gasteiger partial charge < -0.3 is 14.9 Å². The Morgan fingerprint density at radius 1 is 1.22 bits per heavy atom. The number of aliphatic hydroxyl groups excluding tert-OH is 1. The molecule has 0 saturated heterocycles. The summed E-state index contributed by atoms with van der Waals surface area (Å²) in [6.07, 6.45) is 3.50. The van der Waals surface area contributed by atoms with Gasteiger partial charge in [0.15, 0.2) is 6.29 Å². The highest BCUT2D eigenvalue weighted by atomic mass is 17.2. The fourth-order valence-corrected chi connectivity index (χ4v) is 2.07. The van der Waals surface area contributed by atoms with E-state index in [2.05, 4.69) is 4.89 Å². The van der Waals surface area contributed by atoms with Crippen molar-refractivity contribution in [3.8, 4) is 0 Å². The normalized spacial score (nSPS) is 21.3. The van der Waals surface area contributed by atoms with E-state index in [0.29, 0.717) is 19.3 Å². The van der Waals surface area contributed by atoms with Crippen LogP contribution in [0.15, 0.2) is 12.2 Å². The van der Waals surface area contributed by atoms with E-state index in [1.165, 1.54) is 0 Å². The van der Waals surface area contributed by atoms with Crippen molar-refractivity contribution in [1.29, 1.82) is 0 Å². The molecule has 0 aromatic heterocycles. The molecule has 0 aliphatic heterocycles. The molecule has 1 rings (SSSR count). The second kappa shape index (κ2) is 9.00. The first kappa shape index (κ1) is 19.6. The summed E-state index contributed by atoms with van der Waals surface area (Å²) in [5.41, 5.74) is -0.629. The Morgan fingerprint density at radius 3 is 2.48 bits per heavy atom. The van der Waals surface area contributed by atoms with Crippen molar-refractivity contribution in [3.63, 3.8) is 0 Å². The molecule has 0 aromatic carbocycles. The highest BCUT2D eigenvalue weighted by Gasteiger charge is 2.34.